The van der Waals surface area contributed by atoms with Gasteiger partial charge in [0.1, 0.15) is 0 Å². The molecule has 0 aromatic heterocycles. The summed E-state index contributed by atoms with van der Waals surface area (Å²) in [5, 5.41) is 31.1. The van der Waals surface area contributed by atoms with Crippen LogP contribution in [-0.4, -0.2) is 29.3 Å². The molecule has 0 radical (unpaired) electrons. The van der Waals surface area contributed by atoms with Crippen molar-refractivity contribution in [3.63, 3.8) is 0 Å². The van der Waals surface area contributed by atoms with Crippen LogP contribution in [0, 0.1) is 22.7 Å². The Hall–Kier alpha value is -4.91. The van der Waals surface area contributed by atoms with Crippen LogP contribution in [0.5, 0.6) is 0 Å². The zero-order valence-corrected chi connectivity index (χ0v) is 21.4. The zero-order valence-electron chi connectivity index (χ0n) is 21.4. The van der Waals surface area contributed by atoms with E-state index in [0.29, 0.717) is 41.8 Å². The van der Waals surface area contributed by atoms with E-state index in [2.05, 4.69) is 12.1 Å². The first-order valence-electron chi connectivity index (χ1n) is 13.0. The van der Waals surface area contributed by atoms with Gasteiger partial charge < -0.3 is 5.11 Å². The quantitative estimate of drug-likeness (QED) is 0.336. The van der Waals surface area contributed by atoms with E-state index in [4.69, 9.17) is 0 Å². The van der Waals surface area contributed by atoms with Crippen LogP contribution in [0.2, 0.25) is 0 Å². The molecule has 1 N–H and O–H groups in total. The summed E-state index contributed by atoms with van der Waals surface area (Å²) >= 11 is 0. The number of aliphatic hydroxyl groups excluding tert-OH is 1. The monoisotopic (exact) mass is 512 g/mol. The number of hydrogen-bond donors (Lipinski definition) is 1. The smallest absolute Gasteiger partial charge is 0.329 e. The number of carbonyl (C=O) groups excluding carboxylic acids is 1. The third kappa shape index (κ3) is 5.52. The van der Waals surface area contributed by atoms with Gasteiger partial charge in [0.05, 0.1) is 41.5 Å². The predicted octanol–water partition coefficient (Wildman–Crippen LogP) is 5.85. The van der Waals surface area contributed by atoms with Crippen LogP contribution in [-0.2, 0) is 12.8 Å². The van der Waals surface area contributed by atoms with Gasteiger partial charge >= 0.3 is 6.03 Å². The predicted molar refractivity (Wildman–Crippen MR) is 151 cm³/mol. The Balaban J connectivity index is 1.61. The van der Waals surface area contributed by atoms with Crippen LogP contribution < -0.4 is 9.80 Å². The molecule has 39 heavy (non-hydrogen) atoms. The van der Waals surface area contributed by atoms with E-state index in [9.17, 15) is 20.4 Å². The minimum absolute atomic E-state index is 0.301. The van der Waals surface area contributed by atoms with E-state index < -0.39 is 18.2 Å². The van der Waals surface area contributed by atoms with Crippen LogP contribution in [0.15, 0.2) is 109 Å². The van der Waals surface area contributed by atoms with Gasteiger partial charge in [0.2, 0.25) is 0 Å². The summed E-state index contributed by atoms with van der Waals surface area (Å²) in [6.07, 6.45) is 0.735. The highest BCUT2D eigenvalue weighted by Gasteiger charge is 2.47. The molecule has 0 unspecified atom stereocenters. The summed E-state index contributed by atoms with van der Waals surface area (Å²) in [7, 11) is 0. The molecule has 192 valence electrons. The molecule has 4 aromatic rings. The van der Waals surface area contributed by atoms with Crippen LogP contribution in [0.25, 0.3) is 0 Å². The van der Waals surface area contributed by atoms with Crippen molar-refractivity contribution in [2.45, 2.75) is 37.5 Å². The Morgan fingerprint density at radius 1 is 0.667 bits per heavy atom. The van der Waals surface area contributed by atoms with Crippen LogP contribution >= 0.6 is 0 Å². The second kappa shape index (κ2) is 11.6. The third-order valence-electron chi connectivity index (χ3n) is 7.23. The highest BCUT2D eigenvalue weighted by Crippen LogP contribution is 2.36. The lowest BCUT2D eigenvalue weighted by Gasteiger charge is -2.49. The van der Waals surface area contributed by atoms with Crippen LogP contribution in [0.3, 0.4) is 0 Å². The largest absolute Gasteiger partial charge is 0.389 e. The minimum Gasteiger partial charge on any atom is -0.389 e. The summed E-state index contributed by atoms with van der Waals surface area (Å²) < 4.78 is 0. The average Bonchev–Trinajstić information content (AvgIpc) is 2.99. The van der Waals surface area contributed by atoms with Gasteiger partial charge in [-0.2, -0.15) is 10.5 Å². The second-order valence-electron chi connectivity index (χ2n) is 9.69. The van der Waals surface area contributed by atoms with Crippen molar-refractivity contribution >= 4 is 17.4 Å². The fourth-order valence-corrected chi connectivity index (χ4v) is 5.34. The summed E-state index contributed by atoms with van der Waals surface area (Å²) in [4.78, 5) is 17.7. The number of benzene rings is 4. The van der Waals surface area contributed by atoms with Crippen molar-refractivity contribution in [3.05, 3.63) is 131 Å². The lowest BCUT2D eigenvalue weighted by molar-refractivity contribution is 0.0958. The number of aryl methyl sites for hydroxylation is 1. The van der Waals surface area contributed by atoms with Crippen molar-refractivity contribution in [3.8, 4) is 12.1 Å². The van der Waals surface area contributed by atoms with E-state index >= 15 is 0 Å². The van der Waals surface area contributed by atoms with Crippen molar-refractivity contribution < 1.29 is 9.90 Å². The lowest BCUT2D eigenvalue weighted by atomic mass is 9.87. The Labute approximate surface area is 228 Å². The van der Waals surface area contributed by atoms with E-state index in [1.165, 1.54) is 0 Å². The molecule has 5 rings (SSSR count). The van der Waals surface area contributed by atoms with E-state index in [-0.39, 0.29) is 6.03 Å². The highest BCUT2D eigenvalue weighted by atomic mass is 16.3. The minimum atomic E-state index is -0.914. The van der Waals surface area contributed by atoms with E-state index in [1.807, 2.05) is 60.7 Å². The first-order valence-corrected chi connectivity index (χ1v) is 13.0. The Morgan fingerprint density at radius 2 is 1.18 bits per heavy atom. The Bertz CT molecular complexity index is 1520. The van der Waals surface area contributed by atoms with E-state index in [0.717, 1.165) is 11.1 Å². The number of rotatable bonds is 7. The maximum atomic E-state index is 14.5. The maximum absolute atomic E-state index is 14.5. The van der Waals surface area contributed by atoms with Gasteiger partial charge in [-0.3, -0.25) is 9.80 Å². The summed E-state index contributed by atoms with van der Waals surface area (Å²) in [5.41, 5.74) is 4.07. The second-order valence-corrected chi connectivity index (χ2v) is 9.69. The van der Waals surface area contributed by atoms with Crippen LogP contribution in [0.1, 0.15) is 28.7 Å². The number of amides is 2. The molecule has 1 saturated heterocycles. The number of nitriles is 2. The molecule has 0 saturated carbocycles. The number of nitrogens with zero attached hydrogens (tertiary/aromatic N) is 4. The maximum Gasteiger partial charge on any atom is 0.329 e. The van der Waals surface area contributed by atoms with Gasteiger partial charge in [-0.05, 0) is 66.8 Å². The highest BCUT2D eigenvalue weighted by molar-refractivity contribution is 6.06. The van der Waals surface area contributed by atoms with Crippen molar-refractivity contribution in [1.29, 1.82) is 10.5 Å². The molecular weight excluding hydrogens is 484 g/mol. The van der Waals surface area contributed by atoms with Gasteiger partial charge in [-0.15, -0.1) is 0 Å². The Morgan fingerprint density at radius 3 is 1.72 bits per heavy atom. The molecule has 4 aromatic carbocycles. The molecule has 1 heterocycles. The molecule has 6 heteroatoms. The van der Waals surface area contributed by atoms with Gasteiger partial charge in [0.15, 0.2) is 0 Å². The average molecular weight is 513 g/mol. The van der Waals surface area contributed by atoms with Crippen molar-refractivity contribution in [1.82, 2.24) is 0 Å². The molecule has 3 atom stereocenters. The number of anilines is 2. The zero-order chi connectivity index (χ0) is 27.2. The van der Waals surface area contributed by atoms with Crippen molar-refractivity contribution in [2.24, 2.45) is 0 Å². The Kier molecular flexibility index (Phi) is 7.68. The number of urea groups is 1. The topological polar surface area (TPSA) is 91.4 Å². The molecule has 0 bridgehead atoms. The summed E-state index contributed by atoms with van der Waals surface area (Å²) in [6.45, 7) is 0. The lowest BCUT2D eigenvalue weighted by Crippen LogP contribution is -2.67. The molecule has 1 aliphatic rings. The standard InChI is InChI=1S/C33H28N4O2/c34-22-26-13-7-15-28(19-26)36-30(18-17-24-9-3-1-4-10-24)32(38)31(21-25-11-5-2-6-12-25)37(33(36)39)29-16-8-14-27(20-29)23-35/h1-16,19-20,30-32,38H,17-18,21H2/t30-,31-,32-/m1/s1. The van der Waals surface area contributed by atoms with Gasteiger partial charge in [0, 0.05) is 11.4 Å². The molecule has 2 amide bonds. The fourth-order valence-electron chi connectivity index (χ4n) is 5.34. The SMILES string of the molecule is N#Cc1cccc(N2C(=O)N(c3cccc(C#N)c3)[C@H](Cc3ccccc3)[C@H](O)[C@H]2CCc2ccccc2)c1. The molecular formula is C33H28N4O2. The van der Waals surface area contributed by atoms with Gasteiger partial charge in [-0.25, -0.2) is 4.79 Å². The normalized spacial score (nSPS) is 18.8. The first-order chi connectivity index (χ1) is 19.1. The van der Waals surface area contributed by atoms with Gasteiger partial charge in [-0.1, -0.05) is 72.8 Å². The summed E-state index contributed by atoms with van der Waals surface area (Å²) in [5.74, 6) is 0. The fraction of sp³-hybridized carbons (Fsp3) is 0.182. The number of carbonyl (C=O) groups is 1. The molecule has 6 nitrogen and oxygen atoms in total. The van der Waals surface area contributed by atoms with Crippen LogP contribution in [0.4, 0.5) is 16.2 Å². The van der Waals surface area contributed by atoms with E-state index in [1.54, 1.807) is 58.3 Å². The molecule has 1 fully saturated rings. The molecule has 0 aliphatic carbocycles. The third-order valence-corrected chi connectivity index (χ3v) is 7.23. The molecule has 1 aliphatic heterocycles. The number of aliphatic hydroxyl groups is 1. The van der Waals surface area contributed by atoms with Crippen molar-refractivity contribution in [2.75, 3.05) is 9.80 Å². The molecule has 0 spiro atoms. The number of hydrogen-bond acceptors (Lipinski definition) is 4. The summed E-state index contributed by atoms with van der Waals surface area (Å²) in [6, 6.07) is 36.5. The van der Waals surface area contributed by atoms with Gasteiger partial charge in [0.25, 0.3) is 0 Å². The first kappa shape index (κ1) is 25.7.